The van der Waals surface area contributed by atoms with E-state index in [0.717, 1.165) is 11.1 Å². The Bertz CT molecular complexity index is 468. The summed E-state index contributed by atoms with van der Waals surface area (Å²) in [5.74, 6) is -1.51. The van der Waals surface area contributed by atoms with Gasteiger partial charge in [0.2, 0.25) is 5.91 Å². The summed E-state index contributed by atoms with van der Waals surface area (Å²) in [6.07, 6.45) is 0.802. The van der Waals surface area contributed by atoms with Gasteiger partial charge in [-0.1, -0.05) is 25.1 Å². The van der Waals surface area contributed by atoms with Crippen molar-refractivity contribution in [2.75, 3.05) is 6.54 Å². The van der Waals surface area contributed by atoms with Crippen LogP contribution in [0, 0.1) is 19.8 Å². The zero-order valence-corrected chi connectivity index (χ0v) is 11.7. The smallest absolute Gasteiger partial charge is 0.308 e. The van der Waals surface area contributed by atoms with Crippen LogP contribution in [-0.4, -0.2) is 23.5 Å². The van der Waals surface area contributed by atoms with E-state index in [2.05, 4.69) is 5.32 Å². The lowest BCUT2D eigenvalue weighted by Crippen LogP contribution is -2.33. The number of carbonyl (C=O) groups is 2. The largest absolute Gasteiger partial charge is 0.481 e. The zero-order chi connectivity index (χ0) is 14.4. The second-order valence-electron chi connectivity index (χ2n) is 4.84. The predicted molar refractivity (Wildman–Crippen MR) is 74.0 cm³/mol. The van der Waals surface area contributed by atoms with E-state index in [1.54, 1.807) is 6.92 Å². The third kappa shape index (κ3) is 4.73. The Morgan fingerprint density at radius 3 is 2.47 bits per heavy atom. The number of carboxylic acids is 1. The second kappa shape index (κ2) is 6.92. The van der Waals surface area contributed by atoms with Gasteiger partial charge >= 0.3 is 5.97 Å². The number of aliphatic carboxylic acids is 1. The molecule has 0 fully saturated rings. The molecular weight excluding hydrogens is 242 g/mol. The highest BCUT2D eigenvalue weighted by Crippen LogP contribution is 2.10. The fourth-order valence-corrected chi connectivity index (χ4v) is 1.80. The van der Waals surface area contributed by atoms with Crippen LogP contribution < -0.4 is 5.32 Å². The minimum atomic E-state index is -0.867. The first-order valence-corrected chi connectivity index (χ1v) is 6.49. The van der Waals surface area contributed by atoms with E-state index in [-0.39, 0.29) is 18.9 Å². The number of hydrogen-bond acceptors (Lipinski definition) is 2. The summed E-state index contributed by atoms with van der Waals surface area (Å²) >= 11 is 0. The maximum atomic E-state index is 11.7. The third-order valence-corrected chi connectivity index (χ3v) is 3.32. The highest BCUT2D eigenvalue weighted by molar-refractivity contribution is 5.79. The molecule has 2 N–H and O–H groups in total. The summed E-state index contributed by atoms with van der Waals surface area (Å²) < 4.78 is 0. The van der Waals surface area contributed by atoms with Gasteiger partial charge in [-0.05, 0) is 37.0 Å². The number of aryl methyl sites for hydroxylation is 2. The standard InChI is InChI=1S/C15H21NO3/c1-4-13(15(18)19)9-16-14(17)8-12-6-5-10(2)11(3)7-12/h5-7,13H,4,8-9H2,1-3H3,(H,16,17)(H,18,19). The number of benzene rings is 1. The molecule has 0 aliphatic heterocycles. The molecule has 0 saturated carbocycles. The van der Waals surface area contributed by atoms with Crippen molar-refractivity contribution in [2.24, 2.45) is 5.92 Å². The van der Waals surface area contributed by atoms with Gasteiger partial charge in [-0.3, -0.25) is 9.59 Å². The third-order valence-electron chi connectivity index (χ3n) is 3.32. The Morgan fingerprint density at radius 2 is 1.95 bits per heavy atom. The molecule has 4 heteroatoms. The molecule has 4 nitrogen and oxygen atoms in total. The quantitative estimate of drug-likeness (QED) is 0.825. The molecule has 1 amide bonds. The summed E-state index contributed by atoms with van der Waals surface area (Å²) in [6, 6.07) is 5.91. The molecule has 0 spiro atoms. The molecular formula is C15H21NO3. The lowest BCUT2D eigenvalue weighted by atomic mass is 10.0. The SMILES string of the molecule is CCC(CNC(=O)Cc1ccc(C)c(C)c1)C(=O)O. The topological polar surface area (TPSA) is 66.4 Å². The molecule has 0 heterocycles. The number of rotatable bonds is 6. The number of amides is 1. The Morgan fingerprint density at radius 1 is 1.26 bits per heavy atom. The molecule has 1 atom stereocenters. The number of carbonyl (C=O) groups excluding carboxylic acids is 1. The van der Waals surface area contributed by atoms with Gasteiger partial charge in [0.1, 0.15) is 0 Å². The number of nitrogens with one attached hydrogen (secondary N) is 1. The summed E-state index contributed by atoms with van der Waals surface area (Å²) in [7, 11) is 0. The fourth-order valence-electron chi connectivity index (χ4n) is 1.80. The van der Waals surface area contributed by atoms with Crippen LogP contribution in [0.4, 0.5) is 0 Å². The normalized spacial score (nSPS) is 11.9. The van der Waals surface area contributed by atoms with Crippen LogP contribution in [0.2, 0.25) is 0 Å². The van der Waals surface area contributed by atoms with Gasteiger partial charge in [0.05, 0.1) is 12.3 Å². The van der Waals surface area contributed by atoms with Crippen LogP contribution >= 0.6 is 0 Å². The minimum absolute atomic E-state index is 0.136. The first-order chi connectivity index (χ1) is 8.93. The van der Waals surface area contributed by atoms with Crippen molar-refractivity contribution in [3.05, 3.63) is 34.9 Å². The molecule has 1 aromatic carbocycles. The van der Waals surface area contributed by atoms with Crippen molar-refractivity contribution < 1.29 is 14.7 Å². The first-order valence-electron chi connectivity index (χ1n) is 6.49. The lowest BCUT2D eigenvalue weighted by Gasteiger charge is -2.11. The van der Waals surface area contributed by atoms with Crippen LogP contribution in [-0.2, 0) is 16.0 Å². The van der Waals surface area contributed by atoms with Crippen LogP contribution in [0.1, 0.15) is 30.0 Å². The van der Waals surface area contributed by atoms with E-state index in [0.29, 0.717) is 6.42 Å². The summed E-state index contributed by atoms with van der Waals surface area (Å²) in [5.41, 5.74) is 3.30. The Labute approximate surface area is 113 Å². The molecule has 0 aromatic heterocycles. The first kappa shape index (κ1) is 15.2. The Hall–Kier alpha value is -1.84. The predicted octanol–water partition coefficient (Wildman–Crippen LogP) is 2.07. The van der Waals surface area contributed by atoms with E-state index in [9.17, 15) is 9.59 Å². The molecule has 0 saturated heterocycles. The summed E-state index contributed by atoms with van der Waals surface area (Å²) in [4.78, 5) is 22.6. The van der Waals surface area contributed by atoms with Crippen molar-refractivity contribution in [1.82, 2.24) is 5.32 Å². The zero-order valence-electron chi connectivity index (χ0n) is 11.7. The van der Waals surface area contributed by atoms with Crippen LogP contribution in [0.15, 0.2) is 18.2 Å². The monoisotopic (exact) mass is 263 g/mol. The molecule has 0 bridgehead atoms. The van der Waals surface area contributed by atoms with Crippen LogP contribution in [0.3, 0.4) is 0 Å². The van der Waals surface area contributed by atoms with Crippen LogP contribution in [0.25, 0.3) is 0 Å². The average molecular weight is 263 g/mol. The summed E-state index contributed by atoms with van der Waals surface area (Å²) in [5, 5.41) is 11.6. The molecule has 0 radical (unpaired) electrons. The Balaban J connectivity index is 2.51. The number of carboxylic acid groups (broad SMARTS) is 1. The van der Waals surface area contributed by atoms with Gasteiger partial charge < -0.3 is 10.4 Å². The van der Waals surface area contributed by atoms with E-state index >= 15 is 0 Å². The lowest BCUT2D eigenvalue weighted by molar-refractivity contribution is -0.141. The van der Waals surface area contributed by atoms with E-state index < -0.39 is 11.9 Å². The second-order valence-corrected chi connectivity index (χ2v) is 4.84. The summed E-state index contributed by atoms with van der Waals surface area (Å²) in [6.45, 7) is 6.02. The van der Waals surface area contributed by atoms with E-state index in [1.807, 2.05) is 32.0 Å². The van der Waals surface area contributed by atoms with Crippen LogP contribution in [0.5, 0.6) is 0 Å². The Kier molecular flexibility index (Phi) is 5.55. The average Bonchev–Trinajstić information content (AvgIpc) is 2.34. The van der Waals surface area contributed by atoms with E-state index in [4.69, 9.17) is 5.11 Å². The molecule has 104 valence electrons. The number of hydrogen-bond donors (Lipinski definition) is 2. The van der Waals surface area contributed by atoms with Gasteiger partial charge in [-0.15, -0.1) is 0 Å². The molecule has 1 rings (SSSR count). The van der Waals surface area contributed by atoms with Crippen molar-refractivity contribution in [2.45, 2.75) is 33.6 Å². The molecule has 1 aromatic rings. The minimum Gasteiger partial charge on any atom is -0.481 e. The van der Waals surface area contributed by atoms with Gasteiger partial charge in [0.25, 0.3) is 0 Å². The van der Waals surface area contributed by atoms with Crippen molar-refractivity contribution in [3.63, 3.8) is 0 Å². The highest BCUT2D eigenvalue weighted by Gasteiger charge is 2.15. The fraction of sp³-hybridized carbons (Fsp3) is 0.467. The molecule has 0 aliphatic rings. The van der Waals surface area contributed by atoms with Gasteiger partial charge in [0.15, 0.2) is 0 Å². The van der Waals surface area contributed by atoms with Crippen molar-refractivity contribution in [1.29, 1.82) is 0 Å². The molecule has 0 aliphatic carbocycles. The van der Waals surface area contributed by atoms with Crippen molar-refractivity contribution in [3.8, 4) is 0 Å². The van der Waals surface area contributed by atoms with Crippen molar-refractivity contribution >= 4 is 11.9 Å². The van der Waals surface area contributed by atoms with Gasteiger partial charge in [-0.2, -0.15) is 0 Å². The maximum absolute atomic E-state index is 11.7. The highest BCUT2D eigenvalue weighted by atomic mass is 16.4. The maximum Gasteiger partial charge on any atom is 0.308 e. The van der Waals surface area contributed by atoms with Gasteiger partial charge in [0, 0.05) is 6.54 Å². The van der Waals surface area contributed by atoms with Gasteiger partial charge in [-0.25, -0.2) is 0 Å². The molecule has 1 unspecified atom stereocenters. The van der Waals surface area contributed by atoms with E-state index in [1.165, 1.54) is 5.56 Å². The molecule has 19 heavy (non-hydrogen) atoms.